The van der Waals surface area contributed by atoms with Gasteiger partial charge in [-0.05, 0) is 42.8 Å². The van der Waals surface area contributed by atoms with Crippen LogP contribution in [0.25, 0.3) is 22.0 Å². The molecule has 0 unspecified atom stereocenters. The second-order valence-electron chi connectivity index (χ2n) is 8.51. The summed E-state index contributed by atoms with van der Waals surface area (Å²) < 4.78 is 5.83. The van der Waals surface area contributed by atoms with E-state index < -0.39 is 0 Å². The number of benzene rings is 3. The summed E-state index contributed by atoms with van der Waals surface area (Å²) >= 11 is 0. The highest BCUT2D eigenvalue weighted by atomic mass is 16.5. The van der Waals surface area contributed by atoms with Crippen LogP contribution >= 0.6 is 0 Å². The number of amides is 1. The molecule has 6 heteroatoms. The molecule has 3 aromatic carbocycles. The number of fused-ring (bicyclic) bond motifs is 1. The van der Waals surface area contributed by atoms with Gasteiger partial charge in [0.25, 0.3) is 5.91 Å². The predicted octanol–water partition coefficient (Wildman–Crippen LogP) is 4.97. The molecule has 0 spiro atoms. The number of rotatable bonds is 5. The number of hydrogen-bond donors (Lipinski definition) is 0. The molecule has 34 heavy (non-hydrogen) atoms. The van der Waals surface area contributed by atoms with Gasteiger partial charge in [0.1, 0.15) is 5.75 Å². The van der Waals surface area contributed by atoms with Crippen molar-refractivity contribution in [3.05, 3.63) is 83.9 Å². The summed E-state index contributed by atoms with van der Waals surface area (Å²) in [6.07, 6.45) is 0. The molecule has 0 bridgehead atoms. The fourth-order valence-electron chi connectivity index (χ4n) is 4.42. The van der Waals surface area contributed by atoms with E-state index in [-0.39, 0.29) is 5.91 Å². The molecule has 5 rings (SSSR count). The Kier molecular flexibility index (Phi) is 6.12. The highest BCUT2D eigenvalue weighted by molar-refractivity contribution is 6.09. The maximum Gasteiger partial charge on any atom is 0.258 e. The SMILES string of the molecule is CCOc1ccc2ccccc2c1C(=O)N1CCN(c2ccc(-c3ccc(C)cc3)nn2)CC1. The Morgan fingerprint density at radius 2 is 1.65 bits per heavy atom. The van der Waals surface area contributed by atoms with Crippen LogP contribution in [-0.4, -0.2) is 53.8 Å². The van der Waals surface area contributed by atoms with E-state index in [0.717, 1.165) is 27.8 Å². The zero-order valence-corrected chi connectivity index (χ0v) is 19.6. The van der Waals surface area contributed by atoms with Crippen molar-refractivity contribution in [2.75, 3.05) is 37.7 Å². The lowest BCUT2D eigenvalue weighted by Crippen LogP contribution is -2.49. The molecule has 2 heterocycles. The number of piperazine rings is 1. The van der Waals surface area contributed by atoms with Gasteiger partial charge in [0, 0.05) is 31.7 Å². The van der Waals surface area contributed by atoms with Crippen LogP contribution in [0.15, 0.2) is 72.8 Å². The Bertz CT molecular complexity index is 1290. The van der Waals surface area contributed by atoms with Gasteiger partial charge in [-0.2, -0.15) is 0 Å². The fourth-order valence-corrected chi connectivity index (χ4v) is 4.42. The molecule has 0 aliphatic carbocycles. The van der Waals surface area contributed by atoms with Crippen molar-refractivity contribution in [1.29, 1.82) is 0 Å². The minimum Gasteiger partial charge on any atom is -0.493 e. The lowest BCUT2D eigenvalue weighted by Gasteiger charge is -2.35. The van der Waals surface area contributed by atoms with E-state index in [4.69, 9.17) is 4.74 Å². The Hall–Kier alpha value is -3.93. The first-order valence-electron chi connectivity index (χ1n) is 11.7. The zero-order chi connectivity index (χ0) is 23.5. The van der Waals surface area contributed by atoms with Gasteiger partial charge in [-0.15, -0.1) is 10.2 Å². The average molecular weight is 453 g/mol. The van der Waals surface area contributed by atoms with E-state index in [0.29, 0.717) is 44.1 Å². The van der Waals surface area contributed by atoms with E-state index in [1.54, 1.807) is 0 Å². The molecule has 172 valence electrons. The van der Waals surface area contributed by atoms with E-state index in [9.17, 15) is 4.79 Å². The molecule has 0 radical (unpaired) electrons. The Morgan fingerprint density at radius 3 is 2.35 bits per heavy atom. The van der Waals surface area contributed by atoms with Crippen LogP contribution in [0, 0.1) is 6.92 Å². The molecule has 1 aliphatic heterocycles. The van der Waals surface area contributed by atoms with Gasteiger partial charge in [0.15, 0.2) is 5.82 Å². The van der Waals surface area contributed by atoms with Crippen LogP contribution in [0.3, 0.4) is 0 Å². The summed E-state index contributed by atoms with van der Waals surface area (Å²) in [7, 11) is 0. The van der Waals surface area contributed by atoms with Crippen molar-refractivity contribution >= 4 is 22.5 Å². The largest absolute Gasteiger partial charge is 0.493 e. The number of hydrogen-bond acceptors (Lipinski definition) is 5. The predicted molar refractivity (Wildman–Crippen MR) is 135 cm³/mol. The lowest BCUT2D eigenvalue weighted by atomic mass is 10.0. The molecular formula is C28H28N4O2. The molecule has 1 amide bonds. The summed E-state index contributed by atoms with van der Waals surface area (Å²) in [5, 5.41) is 10.9. The van der Waals surface area contributed by atoms with Crippen molar-refractivity contribution in [3.8, 4) is 17.0 Å². The maximum atomic E-state index is 13.6. The average Bonchev–Trinajstić information content (AvgIpc) is 2.89. The monoisotopic (exact) mass is 452 g/mol. The normalized spacial score (nSPS) is 13.8. The molecule has 0 atom stereocenters. The molecule has 0 saturated carbocycles. The van der Waals surface area contributed by atoms with Crippen LogP contribution in [0.1, 0.15) is 22.8 Å². The Balaban J connectivity index is 1.31. The van der Waals surface area contributed by atoms with Gasteiger partial charge in [0.2, 0.25) is 0 Å². The number of nitrogens with zero attached hydrogens (tertiary/aromatic N) is 4. The van der Waals surface area contributed by atoms with Gasteiger partial charge in [-0.1, -0.05) is 60.2 Å². The summed E-state index contributed by atoms with van der Waals surface area (Å²) in [6, 6.07) is 24.2. The minimum absolute atomic E-state index is 0.0145. The molecule has 1 aromatic heterocycles. The molecule has 4 aromatic rings. The van der Waals surface area contributed by atoms with E-state index in [2.05, 4.69) is 46.3 Å². The van der Waals surface area contributed by atoms with Gasteiger partial charge in [-0.3, -0.25) is 4.79 Å². The van der Waals surface area contributed by atoms with E-state index >= 15 is 0 Å². The van der Waals surface area contributed by atoms with Crippen molar-refractivity contribution in [1.82, 2.24) is 15.1 Å². The number of anilines is 1. The number of aryl methyl sites for hydroxylation is 1. The first kappa shape index (κ1) is 21.9. The maximum absolute atomic E-state index is 13.6. The van der Waals surface area contributed by atoms with Gasteiger partial charge in [0.05, 0.1) is 17.9 Å². The molecule has 0 N–H and O–H groups in total. The number of ether oxygens (including phenoxy) is 1. The van der Waals surface area contributed by atoms with Crippen LogP contribution < -0.4 is 9.64 Å². The number of aromatic nitrogens is 2. The minimum atomic E-state index is 0.0145. The summed E-state index contributed by atoms with van der Waals surface area (Å²) in [6.45, 7) is 7.18. The zero-order valence-electron chi connectivity index (χ0n) is 19.6. The molecule has 1 saturated heterocycles. The highest BCUT2D eigenvalue weighted by Gasteiger charge is 2.26. The first-order valence-corrected chi connectivity index (χ1v) is 11.7. The Labute approximate surface area is 199 Å². The Morgan fingerprint density at radius 1 is 0.882 bits per heavy atom. The highest BCUT2D eigenvalue weighted by Crippen LogP contribution is 2.30. The van der Waals surface area contributed by atoms with Gasteiger partial charge in [-0.25, -0.2) is 0 Å². The van der Waals surface area contributed by atoms with Crippen LogP contribution in [0.5, 0.6) is 5.75 Å². The lowest BCUT2D eigenvalue weighted by molar-refractivity contribution is 0.0744. The smallest absolute Gasteiger partial charge is 0.258 e. The van der Waals surface area contributed by atoms with Crippen LogP contribution in [-0.2, 0) is 0 Å². The second-order valence-corrected chi connectivity index (χ2v) is 8.51. The molecule has 1 fully saturated rings. The summed E-state index contributed by atoms with van der Waals surface area (Å²) in [5.41, 5.74) is 3.78. The van der Waals surface area contributed by atoms with Gasteiger partial charge >= 0.3 is 0 Å². The number of carbonyl (C=O) groups is 1. The van der Waals surface area contributed by atoms with Crippen LogP contribution in [0.4, 0.5) is 5.82 Å². The van der Waals surface area contributed by atoms with Crippen LogP contribution in [0.2, 0.25) is 0 Å². The topological polar surface area (TPSA) is 58.6 Å². The molecule has 1 aliphatic rings. The van der Waals surface area contributed by atoms with Crippen molar-refractivity contribution in [3.63, 3.8) is 0 Å². The van der Waals surface area contributed by atoms with Crippen molar-refractivity contribution < 1.29 is 9.53 Å². The second kappa shape index (κ2) is 9.51. The van der Waals surface area contributed by atoms with Crippen molar-refractivity contribution in [2.45, 2.75) is 13.8 Å². The standard InChI is InChI=1S/C28H28N4O2/c1-3-34-25-14-12-21-6-4-5-7-23(21)27(25)28(33)32-18-16-31(17-19-32)26-15-13-24(29-30-26)22-10-8-20(2)9-11-22/h4-15H,3,16-19H2,1-2H3. The summed E-state index contributed by atoms with van der Waals surface area (Å²) in [5.74, 6) is 1.50. The first-order chi connectivity index (χ1) is 16.6. The third kappa shape index (κ3) is 4.31. The van der Waals surface area contributed by atoms with Crippen molar-refractivity contribution in [2.24, 2.45) is 0 Å². The fraction of sp³-hybridized carbons (Fsp3) is 0.250. The third-order valence-electron chi connectivity index (χ3n) is 6.29. The van der Waals surface area contributed by atoms with Gasteiger partial charge < -0.3 is 14.5 Å². The molecule has 6 nitrogen and oxygen atoms in total. The third-order valence-corrected chi connectivity index (χ3v) is 6.29. The van der Waals surface area contributed by atoms with E-state index in [1.807, 2.05) is 60.4 Å². The summed E-state index contributed by atoms with van der Waals surface area (Å²) in [4.78, 5) is 17.7. The van der Waals surface area contributed by atoms with E-state index in [1.165, 1.54) is 5.56 Å². The quantitative estimate of drug-likeness (QED) is 0.428. The number of carbonyl (C=O) groups excluding carboxylic acids is 1. The molecular weight excluding hydrogens is 424 g/mol.